The van der Waals surface area contributed by atoms with Gasteiger partial charge in [0.15, 0.2) is 11.5 Å². The molecule has 0 bridgehead atoms. The van der Waals surface area contributed by atoms with Crippen LogP contribution in [0, 0.1) is 5.82 Å². The van der Waals surface area contributed by atoms with Gasteiger partial charge in [-0.25, -0.2) is 4.39 Å². The number of alkyl halides is 3. The van der Waals surface area contributed by atoms with Gasteiger partial charge >= 0.3 is 6.18 Å². The van der Waals surface area contributed by atoms with Crippen LogP contribution in [0.15, 0.2) is 66.9 Å². The number of nitrogens with one attached hydrogen (secondary N) is 1. The van der Waals surface area contributed by atoms with Gasteiger partial charge in [0, 0.05) is 18.3 Å². The third-order valence-electron chi connectivity index (χ3n) is 4.75. The number of amides is 1. The number of aromatic nitrogens is 3. The van der Waals surface area contributed by atoms with Crippen molar-refractivity contribution in [1.82, 2.24) is 19.9 Å². The highest BCUT2D eigenvalue weighted by molar-refractivity contribution is 5.94. The van der Waals surface area contributed by atoms with E-state index in [9.17, 15) is 22.4 Å². The average Bonchev–Trinajstić information content (AvgIpc) is 3.18. The highest BCUT2D eigenvalue weighted by Gasteiger charge is 2.30. The first-order valence-corrected chi connectivity index (χ1v) is 9.37. The van der Waals surface area contributed by atoms with Crippen LogP contribution in [0.4, 0.5) is 17.6 Å². The van der Waals surface area contributed by atoms with E-state index in [-0.39, 0.29) is 29.3 Å². The van der Waals surface area contributed by atoms with Crippen LogP contribution in [-0.2, 0) is 12.6 Å². The molecule has 0 radical (unpaired) electrons. The van der Waals surface area contributed by atoms with Crippen molar-refractivity contribution in [2.45, 2.75) is 12.6 Å². The normalized spacial score (nSPS) is 11.6. The van der Waals surface area contributed by atoms with Crippen molar-refractivity contribution in [3.05, 3.63) is 89.4 Å². The van der Waals surface area contributed by atoms with E-state index in [0.717, 1.165) is 12.1 Å². The van der Waals surface area contributed by atoms with Crippen LogP contribution < -0.4 is 5.32 Å². The van der Waals surface area contributed by atoms with E-state index in [1.165, 1.54) is 28.8 Å². The molecule has 0 spiro atoms. The first-order chi connectivity index (χ1) is 14.8. The monoisotopic (exact) mass is 428 g/mol. The van der Waals surface area contributed by atoms with Crippen LogP contribution in [0.25, 0.3) is 17.0 Å². The molecule has 0 aliphatic rings. The molecule has 0 aliphatic heterocycles. The van der Waals surface area contributed by atoms with Gasteiger partial charge < -0.3 is 5.32 Å². The zero-order chi connectivity index (χ0) is 22.0. The first kappa shape index (κ1) is 20.5. The Bertz CT molecular complexity index is 1250. The van der Waals surface area contributed by atoms with E-state index in [4.69, 9.17) is 0 Å². The van der Waals surface area contributed by atoms with Crippen LogP contribution >= 0.6 is 0 Å². The van der Waals surface area contributed by atoms with Gasteiger partial charge in [0.1, 0.15) is 5.82 Å². The van der Waals surface area contributed by atoms with E-state index in [1.54, 1.807) is 30.3 Å². The van der Waals surface area contributed by atoms with Crippen molar-refractivity contribution >= 4 is 11.6 Å². The summed E-state index contributed by atoms with van der Waals surface area (Å²) in [7, 11) is 0. The summed E-state index contributed by atoms with van der Waals surface area (Å²) in [6.45, 7) is 0.223. The third-order valence-corrected chi connectivity index (χ3v) is 4.75. The molecule has 2 aromatic heterocycles. The Labute approximate surface area is 174 Å². The lowest BCUT2D eigenvalue weighted by Gasteiger charge is -2.09. The molecule has 0 saturated carbocycles. The van der Waals surface area contributed by atoms with Crippen molar-refractivity contribution in [2.24, 2.45) is 0 Å². The number of rotatable bonds is 5. The second-order valence-electron chi connectivity index (χ2n) is 6.85. The summed E-state index contributed by atoms with van der Waals surface area (Å²) < 4.78 is 54.3. The van der Waals surface area contributed by atoms with Crippen molar-refractivity contribution in [3.63, 3.8) is 0 Å². The molecular weight excluding hydrogens is 412 g/mol. The summed E-state index contributed by atoms with van der Waals surface area (Å²) in [5.41, 5.74) is 0.566. The third kappa shape index (κ3) is 4.40. The maximum absolute atomic E-state index is 13.7. The Morgan fingerprint density at radius 3 is 2.58 bits per heavy atom. The van der Waals surface area contributed by atoms with Crippen LogP contribution in [0.5, 0.6) is 0 Å². The van der Waals surface area contributed by atoms with E-state index in [2.05, 4.69) is 15.5 Å². The van der Waals surface area contributed by atoms with Crippen molar-refractivity contribution in [2.75, 3.05) is 6.54 Å². The van der Waals surface area contributed by atoms with Gasteiger partial charge in [0.2, 0.25) is 0 Å². The fraction of sp³-hybridized carbons (Fsp3) is 0.136. The van der Waals surface area contributed by atoms with Crippen LogP contribution in [0.3, 0.4) is 0 Å². The predicted molar refractivity (Wildman–Crippen MR) is 106 cm³/mol. The molecule has 1 N–H and O–H groups in total. The zero-order valence-electron chi connectivity index (χ0n) is 16.0. The van der Waals surface area contributed by atoms with Gasteiger partial charge in [-0.3, -0.25) is 9.20 Å². The number of benzene rings is 2. The molecule has 4 aromatic rings. The molecule has 4 rings (SSSR count). The molecule has 0 saturated heterocycles. The van der Waals surface area contributed by atoms with Gasteiger partial charge in [0.05, 0.1) is 11.1 Å². The fourth-order valence-electron chi connectivity index (χ4n) is 3.17. The molecular formula is C22H16F4N4O. The van der Waals surface area contributed by atoms with Crippen molar-refractivity contribution in [1.29, 1.82) is 0 Å². The summed E-state index contributed by atoms with van der Waals surface area (Å²) >= 11 is 0. The number of hydrogen-bond acceptors (Lipinski definition) is 3. The van der Waals surface area contributed by atoms with Crippen molar-refractivity contribution < 1.29 is 22.4 Å². The first-order valence-electron chi connectivity index (χ1n) is 9.37. The number of nitrogens with zero attached hydrogens (tertiary/aromatic N) is 3. The number of fused-ring (bicyclic) bond motifs is 1. The van der Waals surface area contributed by atoms with Gasteiger partial charge in [0.25, 0.3) is 5.91 Å². The Morgan fingerprint density at radius 2 is 1.81 bits per heavy atom. The molecule has 2 aromatic carbocycles. The Hall–Kier alpha value is -3.75. The lowest BCUT2D eigenvalue weighted by Crippen LogP contribution is -2.26. The smallest absolute Gasteiger partial charge is 0.352 e. The maximum Gasteiger partial charge on any atom is 0.416 e. The number of hydrogen-bond donors (Lipinski definition) is 1. The standard InChI is InChI=1S/C22H16F4N4O/c23-18-7-2-1-4-14(18)10-11-27-21(31)16-8-9-19-28-29-20(30(19)13-16)15-5-3-6-17(12-15)22(24,25)26/h1-9,12-13H,10-11H2,(H,27,31). The molecule has 0 fully saturated rings. The summed E-state index contributed by atoms with van der Waals surface area (Å²) in [4.78, 5) is 12.5. The molecule has 1 amide bonds. The highest BCUT2D eigenvalue weighted by atomic mass is 19.4. The zero-order valence-corrected chi connectivity index (χ0v) is 16.0. The second-order valence-corrected chi connectivity index (χ2v) is 6.85. The molecule has 0 aliphatic carbocycles. The summed E-state index contributed by atoms with van der Waals surface area (Å²) in [5, 5.41) is 10.6. The van der Waals surface area contributed by atoms with Crippen LogP contribution in [0.1, 0.15) is 21.5 Å². The Balaban J connectivity index is 1.56. The number of pyridine rings is 1. The Morgan fingerprint density at radius 1 is 1.00 bits per heavy atom. The van der Waals surface area contributed by atoms with Gasteiger partial charge in [-0.2, -0.15) is 13.2 Å². The number of carbonyl (C=O) groups excluding carboxylic acids is 1. The topological polar surface area (TPSA) is 59.3 Å². The van der Waals surface area contributed by atoms with Crippen LogP contribution in [0.2, 0.25) is 0 Å². The second kappa shape index (κ2) is 8.17. The van der Waals surface area contributed by atoms with Crippen molar-refractivity contribution in [3.8, 4) is 11.4 Å². The maximum atomic E-state index is 13.7. The summed E-state index contributed by atoms with van der Waals surface area (Å²) in [6, 6.07) is 14.1. The Kier molecular flexibility index (Phi) is 5.41. The summed E-state index contributed by atoms with van der Waals surface area (Å²) in [5.74, 6) is -0.558. The minimum atomic E-state index is -4.49. The molecule has 9 heteroatoms. The molecule has 5 nitrogen and oxygen atoms in total. The minimum Gasteiger partial charge on any atom is -0.352 e. The molecule has 0 atom stereocenters. The lowest BCUT2D eigenvalue weighted by atomic mass is 10.1. The fourth-order valence-corrected chi connectivity index (χ4v) is 3.17. The largest absolute Gasteiger partial charge is 0.416 e. The average molecular weight is 428 g/mol. The molecule has 0 unspecified atom stereocenters. The molecule has 2 heterocycles. The van der Waals surface area contributed by atoms with Gasteiger partial charge in [-0.05, 0) is 42.3 Å². The van der Waals surface area contributed by atoms with Gasteiger partial charge in [-0.15, -0.1) is 10.2 Å². The SMILES string of the molecule is O=C(NCCc1ccccc1F)c1ccc2nnc(-c3cccc(C(F)(F)F)c3)n2c1. The summed E-state index contributed by atoms with van der Waals surface area (Å²) in [6.07, 6.45) is -2.70. The predicted octanol–water partition coefficient (Wildman–Crippen LogP) is 4.53. The van der Waals surface area contributed by atoms with Gasteiger partial charge in [-0.1, -0.05) is 30.3 Å². The van der Waals surface area contributed by atoms with E-state index < -0.39 is 17.6 Å². The van der Waals surface area contributed by atoms with E-state index >= 15 is 0 Å². The van der Waals surface area contributed by atoms with Crippen LogP contribution in [-0.4, -0.2) is 27.0 Å². The van der Waals surface area contributed by atoms with E-state index in [0.29, 0.717) is 17.6 Å². The highest BCUT2D eigenvalue weighted by Crippen LogP contribution is 2.31. The number of halogens is 4. The molecule has 31 heavy (non-hydrogen) atoms. The van der Waals surface area contributed by atoms with E-state index in [1.807, 2.05) is 0 Å². The minimum absolute atomic E-state index is 0.183. The number of carbonyl (C=O) groups is 1. The lowest BCUT2D eigenvalue weighted by molar-refractivity contribution is -0.137. The quantitative estimate of drug-likeness (QED) is 0.476. The molecule has 158 valence electrons.